The lowest BCUT2D eigenvalue weighted by atomic mass is 10.1. The third-order valence-electron chi connectivity index (χ3n) is 5.20. The van der Waals surface area contributed by atoms with Crippen LogP contribution in [0, 0.1) is 12.8 Å². The summed E-state index contributed by atoms with van der Waals surface area (Å²) in [6.45, 7) is 12.8. The van der Waals surface area contributed by atoms with Crippen LogP contribution in [-0.4, -0.2) is 66.1 Å². The molecule has 184 valence electrons. The van der Waals surface area contributed by atoms with E-state index in [-0.39, 0.29) is 22.9 Å². The highest BCUT2D eigenvalue weighted by molar-refractivity contribution is 7.90. The average molecular weight is 494 g/mol. The lowest BCUT2D eigenvalue weighted by molar-refractivity contribution is 0.313. The summed E-state index contributed by atoms with van der Waals surface area (Å²) in [5.74, 6) is 0.202. The minimum atomic E-state index is -3.62. The zero-order valence-corrected chi connectivity index (χ0v) is 22.6. The normalized spacial score (nSPS) is 12.1. The van der Waals surface area contributed by atoms with Gasteiger partial charge in [0.15, 0.2) is 5.11 Å². The average Bonchev–Trinajstić information content (AvgIpc) is 3.08. The van der Waals surface area contributed by atoms with Crippen molar-refractivity contribution in [3.05, 3.63) is 47.3 Å². The van der Waals surface area contributed by atoms with Crippen LogP contribution in [0.2, 0.25) is 0 Å². The molecule has 1 aromatic carbocycles. The predicted octanol–water partition coefficient (Wildman–Crippen LogP) is 3.47. The van der Waals surface area contributed by atoms with Gasteiger partial charge in [0, 0.05) is 25.7 Å². The molecule has 0 saturated carbocycles. The van der Waals surface area contributed by atoms with E-state index in [0.29, 0.717) is 18.2 Å². The van der Waals surface area contributed by atoms with Gasteiger partial charge in [-0.25, -0.2) is 13.4 Å². The van der Waals surface area contributed by atoms with Crippen LogP contribution in [0.25, 0.3) is 0 Å². The molecule has 0 amide bonds. The summed E-state index contributed by atoms with van der Waals surface area (Å²) >= 11 is 5.66. The van der Waals surface area contributed by atoms with Crippen molar-refractivity contribution in [2.24, 2.45) is 5.92 Å². The molecule has 33 heavy (non-hydrogen) atoms. The fraction of sp³-hybridized carbons (Fsp3) is 0.583. The van der Waals surface area contributed by atoms with Gasteiger partial charge < -0.3 is 19.7 Å². The highest BCUT2D eigenvalue weighted by atomic mass is 32.2. The van der Waals surface area contributed by atoms with Crippen molar-refractivity contribution in [1.29, 1.82) is 0 Å². The third kappa shape index (κ3) is 8.08. The first-order valence-corrected chi connectivity index (χ1v) is 13.5. The first-order valence-electron chi connectivity index (χ1n) is 11.4. The molecule has 9 heteroatoms. The maximum atomic E-state index is 13.4. The monoisotopic (exact) mass is 493 g/mol. The molecular weight excluding hydrogens is 454 g/mol. The molecule has 0 spiro atoms. The highest BCUT2D eigenvalue weighted by Gasteiger charge is 2.26. The molecule has 0 bridgehead atoms. The molecule has 7 nitrogen and oxygen atoms in total. The number of benzene rings is 1. The van der Waals surface area contributed by atoms with Crippen LogP contribution in [0.4, 0.5) is 0 Å². The van der Waals surface area contributed by atoms with Crippen LogP contribution >= 0.6 is 12.2 Å². The number of hydrogen-bond acceptors (Lipinski definition) is 5. The summed E-state index contributed by atoms with van der Waals surface area (Å²) in [5.41, 5.74) is 2.61. The van der Waals surface area contributed by atoms with Crippen molar-refractivity contribution in [3.8, 4) is 0 Å². The van der Waals surface area contributed by atoms with Gasteiger partial charge in [0.1, 0.15) is 0 Å². The van der Waals surface area contributed by atoms with Crippen molar-refractivity contribution in [1.82, 2.24) is 24.7 Å². The second kappa shape index (κ2) is 11.9. The number of aryl methyl sites for hydroxylation is 1. The molecule has 0 saturated heterocycles. The Kier molecular flexibility index (Phi) is 9.87. The van der Waals surface area contributed by atoms with Gasteiger partial charge >= 0.3 is 0 Å². The van der Waals surface area contributed by atoms with E-state index in [9.17, 15) is 8.42 Å². The van der Waals surface area contributed by atoms with Gasteiger partial charge in [-0.3, -0.25) is 0 Å². The van der Waals surface area contributed by atoms with Crippen LogP contribution in [0.3, 0.4) is 0 Å². The molecule has 0 fully saturated rings. The Balaban J connectivity index is 2.40. The van der Waals surface area contributed by atoms with Gasteiger partial charge in [-0.1, -0.05) is 38.1 Å². The van der Waals surface area contributed by atoms with Gasteiger partial charge in [0.05, 0.1) is 24.2 Å². The Hall–Kier alpha value is -1.97. The molecular formula is C24H39N5O2S2. The highest BCUT2D eigenvalue weighted by Crippen LogP contribution is 2.21. The van der Waals surface area contributed by atoms with E-state index in [1.54, 1.807) is 6.20 Å². The second-order valence-corrected chi connectivity index (χ2v) is 11.8. The van der Waals surface area contributed by atoms with E-state index >= 15 is 0 Å². The Morgan fingerprint density at radius 2 is 1.82 bits per heavy atom. The molecule has 1 aromatic heterocycles. The lowest BCUT2D eigenvalue weighted by Gasteiger charge is -2.29. The summed E-state index contributed by atoms with van der Waals surface area (Å²) < 4.78 is 28.7. The SMILES string of the molecule is Cc1ccccc1CS(=O)(=O)c1ncc(CN(CCN(C)C)C(=S)NC(C)C)n1CC(C)C. The molecule has 0 unspecified atom stereocenters. The number of thiocarbonyl (C=S) groups is 1. The molecule has 0 aliphatic heterocycles. The molecule has 0 radical (unpaired) electrons. The predicted molar refractivity (Wildman–Crippen MR) is 139 cm³/mol. The van der Waals surface area contributed by atoms with Crippen LogP contribution in [0.1, 0.15) is 44.5 Å². The lowest BCUT2D eigenvalue weighted by Crippen LogP contribution is -2.45. The van der Waals surface area contributed by atoms with Crippen molar-refractivity contribution in [2.75, 3.05) is 27.2 Å². The van der Waals surface area contributed by atoms with E-state index < -0.39 is 9.84 Å². The maximum Gasteiger partial charge on any atom is 0.228 e. The van der Waals surface area contributed by atoms with Gasteiger partial charge in [0.2, 0.25) is 15.0 Å². The Morgan fingerprint density at radius 1 is 1.15 bits per heavy atom. The molecule has 0 aliphatic rings. The summed E-state index contributed by atoms with van der Waals surface area (Å²) in [5, 5.41) is 4.10. The van der Waals surface area contributed by atoms with Gasteiger partial charge in [0.25, 0.3) is 0 Å². The Bertz CT molecular complexity index is 1030. The van der Waals surface area contributed by atoms with E-state index in [1.165, 1.54) is 0 Å². The van der Waals surface area contributed by atoms with Crippen molar-refractivity contribution in [2.45, 2.75) is 64.7 Å². The standard InChI is InChI=1S/C24H39N5O2S2/c1-18(2)15-29-22(16-28(13-12-27(6)7)23(32)26-19(3)4)14-25-24(29)33(30,31)17-21-11-9-8-10-20(21)5/h8-11,14,18-19H,12-13,15-17H2,1-7H3,(H,26,32). The molecule has 0 atom stereocenters. The van der Waals surface area contributed by atoms with Gasteiger partial charge in [-0.15, -0.1) is 0 Å². The van der Waals surface area contributed by atoms with Crippen LogP contribution < -0.4 is 5.32 Å². The van der Waals surface area contributed by atoms with Crippen molar-refractivity contribution < 1.29 is 8.42 Å². The quantitative estimate of drug-likeness (QED) is 0.481. The summed E-state index contributed by atoms with van der Waals surface area (Å²) in [7, 11) is 0.433. The van der Waals surface area contributed by atoms with E-state index in [4.69, 9.17) is 12.2 Å². The van der Waals surface area contributed by atoms with Gasteiger partial charge in [-0.2, -0.15) is 0 Å². The fourth-order valence-corrected chi connectivity index (χ4v) is 5.47. The minimum Gasteiger partial charge on any atom is -0.360 e. The van der Waals surface area contributed by atoms with Crippen LogP contribution in [-0.2, 0) is 28.7 Å². The molecule has 1 heterocycles. The number of nitrogens with zero attached hydrogens (tertiary/aromatic N) is 4. The van der Waals surface area contributed by atoms with Gasteiger partial charge in [-0.05, 0) is 64.1 Å². The number of aromatic nitrogens is 2. The largest absolute Gasteiger partial charge is 0.360 e. The summed E-state index contributed by atoms with van der Waals surface area (Å²) in [4.78, 5) is 8.60. The molecule has 2 rings (SSSR count). The summed E-state index contributed by atoms with van der Waals surface area (Å²) in [6, 6.07) is 7.80. The second-order valence-electron chi connectivity index (χ2n) is 9.55. The van der Waals surface area contributed by atoms with E-state index in [0.717, 1.165) is 29.9 Å². The molecule has 0 aliphatic carbocycles. The third-order valence-corrected chi connectivity index (χ3v) is 7.15. The van der Waals surface area contributed by atoms with E-state index in [2.05, 4.69) is 47.8 Å². The number of sulfone groups is 1. The Morgan fingerprint density at radius 3 is 2.39 bits per heavy atom. The van der Waals surface area contributed by atoms with Crippen LogP contribution in [0.5, 0.6) is 0 Å². The van der Waals surface area contributed by atoms with Crippen molar-refractivity contribution in [3.63, 3.8) is 0 Å². The first kappa shape index (κ1) is 27.3. The van der Waals surface area contributed by atoms with Crippen LogP contribution in [0.15, 0.2) is 35.6 Å². The van der Waals surface area contributed by atoms with Crippen molar-refractivity contribution >= 4 is 27.2 Å². The number of hydrogen-bond donors (Lipinski definition) is 1. The number of nitrogens with one attached hydrogen (secondary N) is 1. The molecule has 2 aromatic rings. The minimum absolute atomic E-state index is 0.0636. The fourth-order valence-electron chi connectivity index (χ4n) is 3.48. The Labute approximate surface area is 205 Å². The zero-order chi connectivity index (χ0) is 24.8. The number of imidazole rings is 1. The summed E-state index contributed by atoms with van der Waals surface area (Å²) in [6.07, 6.45) is 1.69. The zero-order valence-electron chi connectivity index (χ0n) is 21.0. The smallest absolute Gasteiger partial charge is 0.228 e. The van der Waals surface area contributed by atoms with E-state index in [1.807, 2.05) is 49.9 Å². The maximum absolute atomic E-state index is 13.4. The number of rotatable bonds is 11. The topological polar surface area (TPSA) is 70.5 Å². The first-order chi connectivity index (χ1) is 15.4. The number of likely N-dealkylation sites (N-methyl/N-ethyl adjacent to an activating group) is 1. The molecule has 1 N–H and O–H groups in total.